The fourth-order valence-electron chi connectivity index (χ4n) is 1.26. The molecule has 0 bridgehead atoms. The van der Waals surface area contributed by atoms with Gasteiger partial charge in [0.2, 0.25) is 0 Å². The summed E-state index contributed by atoms with van der Waals surface area (Å²) in [7, 11) is 0. The van der Waals surface area contributed by atoms with Crippen LogP contribution in [0, 0.1) is 0 Å². The van der Waals surface area contributed by atoms with Gasteiger partial charge in [0.25, 0.3) is 5.91 Å². The minimum atomic E-state index is -4.77. The van der Waals surface area contributed by atoms with Gasteiger partial charge in [-0.15, -0.1) is 13.2 Å². The van der Waals surface area contributed by atoms with Crippen molar-refractivity contribution in [3.63, 3.8) is 0 Å². The number of carbonyl (C=O) groups is 1. The third-order valence-corrected chi connectivity index (χ3v) is 2.15. The van der Waals surface area contributed by atoms with Crippen LogP contribution in [0.3, 0.4) is 0 Å². The molecule has 1 rings (SSSR count). The van der Waals surface area contributed by atoms with Crippen molar-refractivity contribution in [3.8, 4) is 5.75 Å². The molecule has 0 aliphatic rings. The minimum absolute atomic E-state index is 0.0424. The summed E-state index contributed by atoms with van der Waals surface area (Å²) in [5.41, 5.74) is 5.37. The lowest BCUT2D eigenvalue weighted by molar-refractivity contribution is -0.274. The summed E-state index contributed by atoms with van der Waals surface area (Å²) in [5, 5.41) is 13.5. The number of rotatable bonds is 5. The zero-order valence-electron chi connectivity index (χ0n) is 10.1. The van der Waals surface area contributed by atoms with Gasteiger partial charge in [-0.3, -0.25) is 4.79 Å². The van der Waals surface area contributed by atoms with Gasteiger partial charge in [-0.05, 0) is 24.3 Å². The molecule has 0 saturated heterocycles. The SMILES string of the molecule is N/C(CCNC(=O)c1ccc(OC(F)(F)F)cc1)=N/O. The van der Waals surface area contributed by atoms with Gasteiger partial charge in [-0.1, -0.05) is 5.16 Å². The molecule has 110 valence electrons. The molecule has 0 radical (unpaired) electrons. The van der Waals surface area contributed by atoms with Crippen molar-refractivity contribution < 1.29 is 27.9 Å². The number of hydrogen-bond donors (Lipinski definition) is 3. The molecular formula is C11H12F3N3O3. The first kappa shape index (κ1) is 15.6. The Morgan fingerprint density at radius 3 is 2.45 bits per heavy atom. The van der Waals surface area contributed by atoms with Gasteiger partial charge in [-0.25, -0.2) is 0 Å². The van der Waals surface area contributed by atoms with Crippen LogP contribution in [0.2, 0.25) is 0 Å². The number of oxime groups is 1. The quantitative estimate of drug-likeness (QED) is 0.331. The van der Waals surface area contributed by atoms with E-state index in [1.165, 1.54) is 12.1 Å². The lowest BCUT2D eigenvalue weighted by Gasteiger charge is -2.09. The van der Waals surface area contributed by atoms with Crippen LogP contribution in [0.5, 0.6) is 5.75 Å². The van der Waals surface area contributed by atoms with E-state index < -0.39 is 18.0 Å². The maximum atomic E-state index is 11.9. The predicted octanol–water partition coefficient (Wildman–Crippen LogP) is 1.45. The number of carbonyl (C=O) groups excluding carboxylic acids is 1. The molecule has 0 atom stereocenters. The van der Waals surface area contributed by atoms with E-state index in [9.17, 15) is 18.0 Å². The molecule has 0 fully saturated rings. The molecular weight excluding hydrogens is 279 g/mol. The van der Waals surface area contributed by atoms with Crippen LogP contribution < -0.4 is 15.8 Å². The zero-order valence-corrected chi connectivity index (χ0v) is 10.1. The van der Waals surface area contributed by atoms with Gasteiger partial charge in [0.05, 0.1) is 0 Å². The number of halogens is 3. The van der Waals surface area contributed by atoms with E-state index in [4.69, 9.17) is 10.9 Å². The number of amides is 1. The number of ether oxygens (including phenoxy) is 1. The first-order valence-corrected chi connectivity index (χ1v) is 5.42. The van der Waals surface area contributed by atoms with Gasteiger partial charge < -0.3 is 21.0 Å². The summed E-state index contributed by atoms with van der Waals surface area (Å²) in [6.45, 7) is 0.134. The number of hydrogen-bond acceptors (Lipinski definition) is 4. The van der Waals surface area contributed by atoms with E-state index in [0.29, 0.717) is 0 Å². The van der Waals surface area contributed by atoms with Crippen molar-refractivity contribution in [3.05, 3.63) is 29.8 Å². The summed E-state index contributed by atoms with van der Waals surface area (Å²) in [6.07, 6.45) is -4.62. The number of nitrogens with zero attached hydrogens (tertiary/aromatic N) is 1. The Hall–Kier alpha value is -2.45. The third-order valence-electron chi connectivity index (χ3n) is 2.15. The first-order chi connectivity index (χ1) is 9.31. The molecule has 0 aliphatic heterocycles. The highest BCUT2D eigenvalue weighted by atomic mass is 19.4. The molecule has 4 N–H and O–H groups in total. The molecule has 0 aromatic heterocycles. The highest BCUT2D eigenvalue weighted by Gasteiger charge is 2.31. The number of alkyl halides is 3. The highest BCUT2D eigenvalue weighted by Crippen LogP contribution is 2.22. The molecule has 6 nitrogen and oxygen atoms in total. The number of benzene rings is 1. The molecule has 20 heavy (non-hydrogen) atoms. The van der Waals surface area contributed by atoms with Crippen LogP contribution in [0.25, 0.3) is 0 Å². The molecule has 0 heterocycles. The Balaban J connectivity index is 2.53. The maximum absolute atomic E-state index is 11.9. The van der Waals surface area contributed by atoms with Crippen molar-refractivity contribution in [1.82, 2.24) is 5.32 Å². The smallest absolute Gasteiger partial charge is 0.409 e. The van der Waals surface area contributed by atoms with Crippen molar-refractivity contribution in [2.24, 2.45) is 10.9 Å². The van der Waals surface area contributed by atoms with Crippen LogP contribution in [-0.2, 0) is 0 Å². The Bertz CT molecular complexity index is 486. The number of amidine groups is 1. The predicted molar refractivity (Wildman–Crippen MR) is 63.5 cm³/mol. The van der Waals surface area contributed by atoms with Crippen molar-refractivity contribution in [1.29, 1.82) is 0 Å². The number of nitrogens with one attached hydrogen (secondary N) is 1. The molecule has 9 heteroatoms. The molecule has 1 amide bonds. The summed E-state index contributed by atoms with van der Waals surface area (Å²) in [5.74, 6) is -0.945. The fraction of sp³-hybridized carbons (Fsp3) is 0.273. The fourth-order valence-corrected chi connectivity index (χ4v) is 1.26. The van der Waals surface area contributed by atoms with Crippen LogP contribution in [0.4, 0.5) is 13.2 Å². The van der Waals surface area contributed by atoms with Crippen LogP contribution >= 0.6 is 0 Å². The molecule has 0 unspecified atom stereocenters. The largest absolute Gasteiger partial charge is 0.573 e. The highest BCUT2D eigenvalue weighted by molar-refractivity contribution is 5.94. The van der Waals surface area contributed by atoms with E-state index in [1.807, 2.05) is 0 Å². The second-order valence-corrected chi connectivity index (χ2v) is 3.67. The third kappa shape index (κ3) is 5.46. The molecule has 1 aromatic rings. The van der Waals surface area contributed by atoms with Crippen molar-refractivity contribution in [2.75, 3.05) is 6.54 Å². The maximum Gasteiger partial charge on any atom is 0.573 e. The zero-order chi connectivity index (χ0) is 15.2. The number of nitrogens with two attached hydrogens (primary N) is 1. The standard InChI is InChI=1S/C11H12F3N3O3/c12-11(13,14)20-8-3-1-7(2-4-8)10(18)16-6-5-9(15)17-19/h1-4,19H,5-6H2,(H2,15,17)(H,16,18). The molecule has 0 spiro atoms. The lowest BCUT2D eigenvalue weighted by Crippen LogP contribution is -2.28. The monoisotopic (exact) mass is 291 g/mol. The van der Waals surface area contributed by atoms with Crippen molar-refractivity contribution in [2.45, 2.75) is 12.8 Å². The average Bonchev–Trinajstić information content (AvgIpc) is 2.37. The molecule has 0 aliphatic carbocycles. The van der Waals surface area contributed by atoms with Gasteiger partial charge in [0.1, 0.15) is 11.6 Å². The van der Waals surface area contributed by atoms with Gasteiger partial charge in [0, 0.05) is 18.5 Å². The van der Waals surface area contributed by atoms with E-state index in [2.05, 4.69) is 15.2 Å². The first-order valence-electron chi connectivity index (χ1n) is 5.42. The Kier molecular flexibility index (Phi) is 5.18. The Morgan fingerprint density at radius 1 is 1.35 bits per heavy atom. The summed E-state index contributed by atoms with van der Waals surface area (Å²) < 4.78 is 39.5. The summed E-state index contributed by atoms with van der Waals surface area (Å²) in [4.78, 5) is 11.6. The second-order valence-electron chi connectivity index (χ2n) is 3.67. The average molecular weight is 291 g/mol. The van der Waals surface area contributed by atoms with Crippen LogP contribution in [-0.4, -0.2) is 29.9 Å². The van der Waals surface area contributed by atoms with Crippen molar-refractivity contribution >= 4 is 11.7 Å². The van der Waals surface area contributed by atoms with E-state index >= 15 is 0 Å². The molecule has 1 aromatic carbocycles. The molecule has 0 saturated carbocycles. The minimum Gasteiger partial charge on any atom is -0.409 e. The Labute approximate surface area is 112 Å². The van der Waals surface area contributed by atoms with Gasteiger partial charge in [0.15, 0.2) is 0 Å². The van der Waals surface area contributed by atoms with Gasteiger partial charge >= 0.3 is 6.36 Å². The van der Waals surface area contributed by atoms with E-state index in [1.54, 1.807) is 0 Å². The second kappa shape index (κ2) is 6.64. The van der Waals surface area contributed by atoms with E-state index in [0.717, 1.165) is 12.1 Å². The van der Waals surface area contributed by atoms with Crippen LogP contribution in [0.15, 0.2) is 29.4 Å². The normalized spacial score (nSPS) is 12.1. The summed E-state index contributed by atoms with van der Waals surface area (Å²) >= 11 is 0. The van der Waals surface area contributed by atoms with E-state index in [-0.39, 0.29) is 24.4 Å². The van der Waals surface area contributed by atoms with Crippen LogP contribution in [0.1, 0.15) is 16.8 Å². The lowest BCUT2D eigenvalue weighted by atomic mass is 10.2. The summed E-state index contributed by atoms with van der Waals surface area (Å²) in [6, 6.07) is 4.46. The van der Waals surface area contributed by atoms with Gasteiger partial charge in [-0.2, -0.15) is 0 Å². The topological polar surface area (TPSA) is 96.9 Å². The Morgan fingerprint density at radius 2 is 1.95 bits per heavy atom.